The van der Waals surface area contributed by atoms with Crippen LogP contribution in [0.25, 0.3) is 0 Å². The molecule has 20 heavy (non-hydrogen) atoms. The van der Waals surface area contributed by atoms with E-state index in [1.54, 1.807) is 42.6 Å². The highest BCUT2D eigenvalue weighted by Gasteiger charge is 2.04. The van der Waals surface area contributed by atoms with Gasteiger partial charge in [-0.2, -0.15) is 5.26 Å². The van der Waals surface area contributed by atoms with Crippen LogP contribution in [0.1, 0.15) is 16.8 Å². The van der Waals surface area contributed by atoms with Crippen LogP contribution in [0.4, 0.5) is 0 Å². The minimum Gasteiger partial charge on any atom is -0.489 e. The van der Waals surface area contributed by atoms with Crippen LogP contribution in [-0.2, 0) is 17.8 Å². The molecule has 5 nitrogen and oxygen atoms in total. The molecule has 0 saturated carbocycles. The first-order valence-electron chi connectivity index (χ1n) is 5.96. The van der Waals surface area contributed by atoms with Crippen molar-refractivity contribution in [3.8, 4) is 11.8 Å². The molecule has 0 aliphatic rings. The molecular formula is C15H12N2O3. The molecule has 1 N–H and O–H groups in total. The number of carboxylic acid groups (broad SMARTS) is 1. The number of carbonyl (C=O) groups is 1. The van der Waals surface area contributed by atoms with Crippen molar-refractivity contribution in [3.05, 3.63) is 59.4 Å². The van der Waals surface area contributed by atoms with Gasteiger partial charge in [-0.15, -0.1) is 0 Å². The molecule has 1 aromatic heterocycles. The summed E-state index contributed by atoms with van der Waals surface area (Å²) in [7, 11) is 0. The highest BCUT2D eigenvalue weighted by atomic mass is 16.5. The maximum absolute atomic E-state index is 10.6. The average Bonchev–Trinajstić information content (AvgIpc) is 2.46. The van der Waals surface area contributed by atoms with E-state index >= 15 is 0 Å². The van der Waals surface area contributed by atoms with Crippen molar-refractivity contribution >= 4 is 5.97 Å². The second-order valence-electron chi connectivity index (χ2n) is 4.13. The Balaban J connectivity index is 2.01. The zero-order chi connectivity index (χ0) is 14.4. The molecule has 0 radical (unpaired) electrons. The predicted octanol–water partition coefficient (Wildman–Crippen LogP) is 2.16. The van der Waals surface area contributed by atoms with E-state index in [0.717, 1.165) is 0 Å². The number of aliphatic carboxylic acids is 1. The number of nitrogens with zero attached hydrogens (tertiary/aromatic N) is 2. The number of hydrogen-bond acceptors (Lipinski definition) is 4. The van der Waals surface area contributed by atoms with Gasteiger partial charge in [0.25, 0.3) is 0 Å². The lowest BCUT2D eigenvalue weighted by Gasteiger charge is -2.07. The van der Waals surface area contributed by atoms with Gasteiger partial charge in [-0.3, -0.25) is 4.79 Å². The highest BCUT2D eigenvalue weighted by Crippen LogP contribution is 2.15. The van der Waals surface area contributed by atoms with E-state index < -0.39 is 5.97 Å². The van der Waals surface area contributed by atoms with Gasteiger partial charge in [-0.1, -0.05) is 18.2 Å². The Labute approximate surface area is 116 Å². The molecule has 0 fully saturated rings. The number of rotatable bonds is 5. The van der Waals surface area contributed by atoms with Gasteiger partial charge in [-0.05, 0) is 23.8 Å². The van der Waals surface area contributed by atoms with E-state index in [1.165, 1.54) is 0 Å². The number of nitriles is 1. The maximum Gasteiger partial charge on any atom is 0.307 e. The number of pyridine rings is 1. The molecule has 2 rings (SSSR count). The summed E-state index contributed by atoms with van der Waals surface area (Å²) in [5, 5.41) is 17.6. The smallest absolute Gasteiger partial charge is 0.307 e. The van der Waals surface area contributed by atoms with Crippen LogP contribution in [0, 0.1) is 11.3 Å². The molecule has 0 aliphatic carbocycles. The Morgan fingerprint density at radius 2 is 2.05 bits per heavy atom. The zero-order valence-electron chi connectivity index (χ0n) is 10.6. The topological polar surface area (TPSA) is 83.2 Å². The van der Waals surface area contributed by atoms with Crippen LogP contribution in [-0.4, -0.2) is 16.1 Å². The third kappa shape index (κ3) is 3.56. The quantitative estimate of drug-likeness (QED) is 0.898. The van der Waals surface area contributed by atoms with E-state index in [0.29, 0.717) is 22.6 Å². The Bertz CT molecular complexity index is 645. The summed E-state index contributed by atoms with van der Waals surface area (Å²) >= 11 is 0. The molecular weight excluding hydrogens is 256 g/mol. The third-order valence-corrected chi connectivity index (χ3v) is 2.67. The van der Waals surface area contributed by atoms with Gasteiger partial charge >= 0.3 is 5.97 Å². The van der Waals surface area contributed by atoms with E-state index in [4.69, 9.17) is 15.1 Å². The fourth-order valence-corrected chi connectivity index (χ4v) is 1.69. The van der Waals surface area contributed by atoms with Gasteiger partial charge in [0.15, 0.2) is 0 Å². The summed E-state index contributed by atoms with van der Waals surface area (Å²) in [6.07, 6.45) is 1.55. The number of benzene rings is 1. The summed E-state index contributed by atoms with van der Waals surface area (Å²) < 4.78 is 5.56. The molecule has 0 unspecified atom stereocenters. The summed E-state index contributed by atoms with van der Waals surface area (Å²) in [6.45, 7) is 0.245. The largest absolute Gasteiger partial charge is 0.489 e. The van der Waals surface area contributed by atoms with Crippen molar-refractivity contribution in [3.63, 3.8) is 0 Å². The Morgan fingerprint density at radius 1 is 1.30 bits per heavy atom. The molecule has 0 spiro atoms. The van der Waals surface area contributed by atoms with E-state index in [1.807, 2.05) is 6.07 Å². The van der Waals surface area contributed by atoms with Crippen molar-refractivity contribution in [1.29, 1.82) is 5.26 Å². The lowest BCUT2D eigenvalue weighted by molar-refractivity contribution is -0.136. The van der Waals surface area contributed by atoms with Crippen LogP contribution in [0.15, 0.2) is 42.6 Å². The molecule has 5 heteroatoms. The predicted molar refractivity (Wildman–Crippen MR) is 71.1 cm³/mol. The lowest BCUT2D eigenvalue weighted by atomic mass is 10.1. The van der Waals surface area contributed by atoms with Gasteiger partial charge in [0.05, 0.1) is 6.42 Å². The normalized spacial score (nSPS) is 9.75. The van der Waals surface area contributed by atoms with Gasteiger partial charge in [0.2, 0.25) is 0 Å². The van der Waals surface area contributed by atoms with Crippen molar-refractivity contribution in [2.45, 2.75) is 13.0 Å². The number of hydrogen-bond donors (Lipinski definition) is 1. The fraction of sp³-hybridized carbons (Fsp3) is 0.133. The molecule has 0 amide bonds. The van der Waals surface area contributed by atoms with Gasteiger partial charge in [-0.25, -0.2) is 4.98 Å². The standard InChI is InChI=1S/C15H12N2O3/c16-9-14-12(2-1-7-17-14)10-20-13-5-3-11(4-6-13)8-15(18)19/h1-7H,8,10H2,(H,18,19). The minimum atomic E-state index is -0.868. The van der Waals surface area contributed by atoms with Crippen LogP contribution in [0.3, 0.4) is 0 Å². The molecule has 0 bridgehead atoms. The summed E-state index contributed by atoms with van der Waals surface area (Å²) in [6, 6.07) is 12.4. The Hall–Kier alpha value is -2.87. The minimum absolute atomic E-state index is 0.0124. The molecule has 100 valence electrons. The van der Waals surface area contributed by atoms with Gasteiger partial charge in [0.1, 0.15) is 24.1 Å². The number of ether oxygens (including phenoxy) is 1. The Morgan fingerprint density at radius 3 is 2.70 bits per heavy atom. The Kier molecular flexibility index (Phi) is 4.30. The van der Waals surface area contributed by atoms with Crippen LogP contribution >= 0.6 is 0 Å². The second kappa shape index (κ2) is 6.34. The van der Waals surface area contributed by atoms with Gasteiger partial charge in [0, 0.05) is 11.8 Å². The van der Waals surface area contributed by atoms with E-state index in [-0.39, 0.29) is 13.0 Å². The highest BCUT2D eigenvalue weighted by molar-refractivity contribution is 5.70. The molecule has 1 aromatic carbocycles. The lowest BCUT2D eigenvalue weighted by Crippen LogP contribution is -2.01. The van der Waals surface area contributed by atoms with E-state index in [9.17, 15) is 4.79 Å². The van der Waals surface area contributed by atoms with Gasteiger partial charge < -0.3 is 9.84 Å². The van der Waals surface area contributed by atoms with Crippen molar-refractivity contribution in [2.24, 2.45) is 0 Å². The number of aromatic nitrogens is 1. The summed E-state index contributed by atoms with van der Waals surface area (Å²) in [4.78, 5) is 14.5. The zero-order valence-corrected chi connectivity index (χ0v) is 10.6. The van der Waals surface area contributed by atoms with Crippen LogP contribution < -0.4 is 4.74 Å². The molecule has 0 saturated heterocycles. The number of carboxylic acids is 1. The van der Waals surface area contributed by atoms with Crippen molar-refractivity contribution in [2.75, 3.05) is 0 Å². The summed E-state index contributed by atoms with van der Waals surface area (Å²) in [5.41, 5.74) is 1.77. The third-order valence-electron chi connectivity index (χ3n) is 2.67. The molecule has 1 heterocycles. The SMILES string of the molecule is N#Cc1ncccc1COc1ccc(CC(=O)O)cc1. The second-order valence-corrected chi connectivity index (χ2v) is 4.13. The van der Waals surface area contributed by atoms with E-state index in [2.05, 4.69) is 4.98 Å². The molecule has 0 aliphatic heterocycles. The van der Waals surface area contributed by atoms with Crippen molar-refractivity contribution < 1.29 is 14.6 Å². The van der Waals surface area contributed by atoms with Crippen molar-refractivity contribution in [1.82, 2.24) is 4.98 Å². The monoisotopic (exact) mass is 268 g/mol. The summed E-state index contributed by atoms with van der Waals surface area (Å²) in [5.74, 6) is -0.250. The van der Waals surface area contributed by atoms with Crippen LogP contribution in [0.5, 0.6) is 5.75 Å². The van der Waals surface area contributed by atoms with Crippen LogP contribution in [0.2, 0.25) is 0 Å². The first-order valence-corrected chi connectivity index (χ1v) is 5.96. The molecule has 0 atom stereocenters. The maximum atomic E-state index is 10.6. The first-order chi connectivity index (χ1) is 9.69. The fourth-order valence-electron chi connectivity index (χ4n) is 1.69. The first kappa shape index (κ1) is 13.6. The molecule has 2 aromatic rings. The average molecular weight is 268 g/mol.